The average Bonchev–Trinajstić information content (AvgIpc) is 2.84. The highest BCUT2D eigenvalue weighted by Gasteiger charge is 2.21. The normalized spacial score (nSPS) is 11.7. The number of aromatic nitrogens is 2. The third-order valence-corrected chi connectivity index (χ3v) is 6.35. The van der Waals surface area contributed by atoms with Crippen molar-refractivity contribution in [1.29, 1.82) is 0 Å². The molecule has 0 aliphatic rings. The van der Waals surface area contributed by atoms with Gasteiger partial charge in [-0.05, 0) is 33.8 Å². The molecule has 8 heteroatoms. The fourth-order valence-corrected chi connectivity index (χ4v) is 4.95. The van der Waals surface area contributed by atoms with Crippen LogP contribution in [0.4, 0.5) is 5.69 Å². The van der Waals surface area contributed by atoms with Crippen LogP contribution in [0.3, 0.4) is 0 Å². The summed E-state index contributed by atoms with van der Waals surface area (Å²) in [5.41, 5.74) is 1.26. The molecule has 0 atom stereocenters. The molecule has 0 radical (unpaired) electrons. The first kappa shape index (κ1) is 13.6. The number of nitrogens with one attached hydrogen (secondary N) is 1. The average molecular weight is 350 g/mol. The monoisotopic (exact) mass is 349 g/mol. The van der Waals surface area contributed by atoms with Crippen LogP contribution >= 0.6 is 27.3 Å². The molecule has 98 valence electrons. The molecule has 2 rings (SSSR count). The Kier molecular flexibility index (Phi) is 3.79. The van der Waals surface area contributed by atoms with Gasteiger partial charge in [-0.15, -0.1) is 11.3 Å². The van der Waals surface area contributed by atoms with Crippen LogP contribution in [0.15, 0.2) is 26.3 Å². The maximum absolute atomic E-state index is 12.2. The highest BCUT2D eigenvalue weighted by atomic mass is 79.9. The molecule has 5 nitrogen and oxygen atoms in total. The summed E-state index contributed by atoms with van der Waals surface area (Å²) in [6.45, 7) is 1.93. The summed E-state index contributed by atoms with van der Waals surface area (Å²) in [7, 11) is -1.79. The molecular weight excluding hydrogens is 338 g/mol. The van der Waals surface area contributed by atoms with Crippen LogP contribution in [0, 0.1) is 0 Å². The minimum Gasteiger partial charge on any atom is -0.275 e. The Bertz CT molecular complexity index is 660. The van der Waals surface area contributed by atoms with Gasteiger partial charge >= 0.3 is 0 Å². The van der Waals surface area contributed by atoms with Crippen molar-refractivity contribution in [2.45, 2.75) is 17.6 Å². The van der Waals surface area contributed by atoms with Crippen molar-refractivity contribution in [3.63, 3.8) is 0 Å². The largest absolute Gasteiger partial charge is 0.275 e. The molecule has 2 aromatic rings. The van der Waals surface area contributed by atoms with Crippen molar-refractivity contribution in [1.82, 2.24) is 9.78 Å². The summed E-state index contributed by atoms with van der Waals surface area (Å²) in [6.07, 6.45) is 2.34. The van der Waals surface area contributed by atoms with Crippen molar-refractivity contribution in [3.8, 4) is 0 Å². The predicted molar refractivity (Wildman–Crippen MR) is 75.4 cm³/mol. The summed E-state index contributed by atoms with van der Waals surface area (Å²) in [5.74, 6) is 0. The Morgan fingerprint density at radius 1 is 1.56 bits per heavy atom. The van der Waals surface area contributed by atoms with Crippen LogP contribution in [0.1, 0.15) is 12.6 Å². The number of nitrogens with zero attached hydrogens (tertiary/aromatic N) is 2. The number of halogens is 1. The van der Waals surface area contributed by atoms with Crippen molar-refractivity contribution in [2.75, 3.05) is 4.72 Å². The zero-order valence-electron chi connectivity index (χ0n) is 9.84. The number of thiophene rings is 1. The summed E-state index contributed by atoms with van der Waals surface area (Å²) in [5, 5.41) is 5.92. The van der Waals surface area contributed by atoms with E-state index in [1.807, 2.05) is 6.92 Å². The minimum absolute atomic E-state index is 0.272. The Balaban J connectivity index is 2.36. The summed E-state index contributed by atoms with van der Waals surface area (Å²) >= 11 is 4.40. The molecule has 0 fully saturated rings. The van der Waals surface area contributed by atoms with Gasteiger partial charge < -0.3 is 0 Å². The molecule has 0 saturated heterocycles. The molecule has 0 bridgehead atoms. The molecular formula is C10H12BrN3O2S2. The quantitative estimate of drug-likeness (QED) is 0.922. The van der Waals surface area contributed by atoms with Crippen molar-refractivity contribution < 1.29 is 8.42 Å². The Hall–Kier alpha value is -0.860. The predicted octanol–water partition coefficient (Wildman–Crippen LogP) is 2.61. The molecule has 2 heterocycles. The third-order valence-electron chi connectivity index (χ3n) is 2.31. The second kappa shape index (κ2) is 5.02. The van der Waals surface area contributed by atoms with Crippen LogP contribution < -0.4 is 4.72 Å². The van der Waals surface area contributed by atoms with Crippen LogP contribution in [-0.2, 0) is 23.5 Å². The second-order valence-electron chi connectivity index (χ2n) is 3.68. The molecule has 0 aliphatic heterocycles. The molecule has 0 aliphatic carbocycles. The van der Waals surface area contributed by atoms with Gasteiger partial charge in [-0.25, -0.2) is 8.42 Å². The number of sulfonamides is 1. The van der Waals surface area contributed by atoms with Crippen molar-refractivity contribution >= 4 is 43.0 Å². The lowest BCUT2D eigenvalue weighted by Crippen LogP contribution is -2.12. The van der Waals surface area contributed by atoms with E-state index in [-0.39, 0.29) is 4.21 Å². The number of anilines is 1. The van der Waals surface area contributed by atoms with E-state index in [0.29, 0.717) is 16.6 Å². The van der Waals surface area contributed by atoms with E-state index in [1.54, 1.807) is 29.4 Å². The van der Waals surface area contributed by atoms with E-state index in [1.165, 1.54) is 11.3 Å². The molecule has 0 saturated carbocycles. The molecule has 1 N–H and O–H groups in total. The van der Waals surface area contributed by atoms with E-state index in [2.05, 4.69) is 25.8 Å². The molecule has 0 unspecified atom stereocenters. The Labute approximate surface area is 118 Å². The van der Waals surface area contributed by atoms with E-state index < -0.39 is 10.0 Å². The van der Waals surface area contributed by atoms with Crippen LogP contribution in [0.5, 0.6) is 0 Å². The van der Waals surface area contributed by atoms with Crippen LogP contribution in [-0.4, -0.2) is 18.2 Å². The first-order valence-electron chi connectivity index (χ1n) is 5.22. The van der Waals surface area contributed by atoms with Gasteiger partial charge in [0.15, 0.2) is 4.21 Å². The van der Waals surface area contributed by atoms with Gasteiger partial charge in [-0.1, -0.05) is 6.92 Å². The molecule has 18 heavy (non-hydrogen) atoms. The molecule has 0 amide bonds. The maximum atomic E-state index is 12.2. The zero-order valence-corrected chi connectivity index (χ0v) is 13.1. The van der Waals surface area contributed by atoms with Crippen molar-refractivity contribution in [3.05, 3.63) is 27.8 Å². The highest BCUT2D eigenvalue weighted by molar-refractivity contribution is 9.10. The summed E-state index contributed by atoms with van der Waals surface area (Å²) < 4.78 is 29.4. The fourth-order valence-electron chi connectivity index (χ4n) is 1.54. The lowest BCUT2D eigenvalue weighted by Gasteiger charge is -2.05. The third kappa shape index (κ3) is 2.60. The van der Waals surface area contributed by atoms with Gasteiger partial charge in [0.1, 0.15) is 0 Å². The Morgan fingerprint density at radius 2 is 2.28 bits per heavy atom. The lowest BCUT2D eigenvalue weighted by atomic mass is 10.3. The number of hydrogen-bond acceptors (Lipinski definition) is 4. The maximum Gasteiger partial charge on any atom is 0.272 e. The van der Waals surface area contributed by atoms with Crippen molar-refractivity contribution in [2.24, 2.45) is 7.05 Å². The number of aryl methyl sites for hydroxylation is 2. The summed E-state index contributed by atoms with van der Waals surface area (Å²) in [6, 6.07) is 1.71. The SMILES string of the molecule is CCc1nn(C)cc1NS(=O)(=O)c1sccc1Br. The topological polar surface area (TPSA) is 64.0 Å². The van der Waals surface area contributed by atoms with Gasteiger partial charge in [0, 0.05) is 17.7 Å². The lowest BCUT2D eigenvalue weighted by molar-refractivity contribution is 0.602. The first-order valence-corrected chi connectivity index (χ1v) is 8.38. The van der Waals surface area contributed by atoms with Gasteiger partial charge in [-0.3, -0.25) is 9.40 Å². The fraction of sp³-hybridized carbons (Fsp3) is 0.300. The number of rotatable bonds is 4. The van der Waals surface area contributed by atoms with E-state index in [9.17, 15) is 8.42 Å². The van der Waals surface area contributed by atoms with E-state index in [4.69, 9.17) is 0 Å². The smallest absolute Gasteiger partial charge is 0.272 e. The van der Waals surface area contributed by atoms with Gasteiger partial charge in [0.2, 0.25) is 0 Å². The molecule has 2 aromatic heterocycles. The van der Waals surface area contributed by atoms with Gasteiger partial charge in [-0.2, -0.15) is 5.10 Å². The van der Waals surface area contributed by atoms with Gasteiger partial charge in [0.25, 0.3) is 10.0 Å². The number of hydrogen-bond donors (Lipinski definition) is 1. The molecule has 0 spiro atoms. The summed E-state index contributed by atoms with van der Waals surface area (Å²) in [4.78, 5) is 0. The van der Waals surface area contributed by atoms with Gasteiger partial charge in [0.05, 0.1) is 11.4 Å². The minimum atomic E-state index is -3.55. The second-order valence-corrected chi connectivity index (χ2v) is 7.33. The molecule has 0 aromatic carbocycles. The van der Waals surface area contributed by atoms with E-state index in [0.717, 1.165) is 5.69 Å². The highest BCUT2D eigenvalue weighted by Crippen LogP contribution is 2.29. The van der Waals surface area contributed by atoms with Crippen LogP contribution in [0.2, 0.25) is 0 Å². The standard InChI is InChI=1S/C10H12BrN3O2S2/c1-3-8-9(6-14(2)12-8)13-18(15,16)10-7(11)4-5-17-10/h4-6,13H,3H2,1-2H3. The van der Waals surface area contributed by atoms with E-state index >= 15 is 0 Å². The first-order chi connectivity index (χ1) is 8.44. The Morgan fingerprint density at radius 3 is 2.83 bits per heavy atom. The van der Waals surface area contributed by atoms with Crippen LogP contribution in [0.25, 0.3) is 0 Å². The zero-order chi connectivity index (χ0) is 13.3.